The van der Waals surface area contributed by atoms with Gasteiger partial charge in [-0.05, 0) is 77.6 Å². The van der Waals surface area contributed by atoms with Crippen molar-refractivity contribution >= 4 is 20.0 Å². The first kappa shape index (κ1) is 26.8. The third kappa shape index (κ3) is 4.55. The van der Waals surface area contributed by atoms with E-state index in [4.69, 9.17) is 9.47 Å². The summed E-state index contributed by atoms with van der Waals surface area (Å²) >= 11 is 0. The van der Waals surface area contributed by atoms with Crippen molar-refractivity contribution in [2.45, 2.75) is 95.3 Å². The lowest BCUT2D eigenvalue weighted by molar-refractivity contribution is -0.146. The van der Waals surface area contributed by atoms with E-state index in [1.54, 1.807) is 13.8 Å². The minimum atomic E-state index is -3.73. The van der Waals surface area contributed by atoms with Gasteiger partial charge in [-0.15, -0.1) is 0 Å². The maximum absolute atomic E-state index is 13.6. The minimum Gasteiger partial charge on any atom is -0.343 e. The van der Waals surface area contributed by atoms with Crippen molar-refractivity contribution in [2.24, 2.45) is 0 Å². The summed E-state index contributed by atoms with van der Waals surface area (Å²) in [5.41, 5.74) is 4.89. The van der Waals surface area contributed by atoms with Gasteiger partial charge >= 0.3 is 0 Å². The largest absolute Gasteiger partial charge is 0.343 e. The topological polar surface area (TPSA) is 92.8 Å². The van der Waals surface area contributed by atoms with Crippen LogP contribution >= 0.6 is 0 Å². The Morgan fingerprint density at radius 3 is 1.24 bits per heavy atom. The third-order valence-corrected chi connectivity index (χ3v) is 11.9. The van der Waals surface area contributed by atoms with Crippen LogP contribution in [0.4, 0.5) is 0 Å². The molecule has 0 amide bonds. The molecule has 0 bridgehead atoms. The molecule has 0 aliphatic carbocycles. The van der Waals surface area contributed by atoms with Gasteiger partial charge in [0.15, 0.2) is 5.79 Å². The standard InChI is InChI=1S/C27H36N2O6S2/c1-15-9-17(3)25(18(4)10-15)36(30,31)28-13-21(28)23-24(35-27(7,8)34-23)22-14-29(22)37(32,33)26-19(5)11-16(2)12-20(26)6/h9-12,21-24H,13-14H2,1-8H3/t21-,22-,23+,24+,28?,29?/m0/s1. The van der Waals surface area contributed by atoms with Crippen molar-refractivity contribution < 1.29 is 26.3 Å². The Kier molecular flexibility index (Phi) is 6.22. The maximum Gasteiger partial charge on any atom is 0.244 e. The molecule has 2 unspecified atom stereocenters. The zero-order valence-electron chi connectivity index (χ0n) is 22.7. The van der Waals surface area contributed by atoms with Gasteiger partial charge in [0, 0.05) is 13.1 Å². The summed E-state index contributed by atoms with van der Waals surface area (Å²) in [6, 6.07) is 6.68. The number of hydrogen-bond donors (Lipinski definition) is 0. The van der Waals surface area contributed by atoms with E-state index in [-0.39, 0.29) is 0 Å². The smallest absolute Gasteiger partial charge is 0.244 e. The molecule has 0 saturated carbocycles. The molecule has 6 atom stereocenters. The van der Waals surface area contributed by atoms with Gasteiger partial charge in [0.25, 0.3) is 0 Å². The summed E-state index contributed by atoms with van der Waals surface area (Å²) in [5, 5.41) is 0. The van der Waals surface area contributed by atoms with Crippen LogP contribution in [0.1, 0.15) is 47.2 Å². The molecule has 3 heterocycles. The zero-order chi connectivity index (χ0) is 27.2. The molecule has 0 N–H and O–H groups in total. The SMILES string of the molecule is Cc1cc(C)c(S(=O)(=O)N2C[C@H]2[C@H]2OC(C)(C)O[C@@H]2[C@@H]2CN2S(=O)(=O)c2c(C)cc(C)cc2C)c(C)c1. The van der Waals surface area contributed by atoms with E-state index in [0.717, 1.165) is 11.1 Å². The number of benzene rings is 2. The summed E-state index contributed by atoms with van der Waals surface area (Å²) in [7, 11) is -7.46. The van der Waals surface area contributed by atoms with Gasteiger partial charge < -0.3 is 9.47 Å². The van der Waals surface area contributed by atoms with Crippen LogP contribution in [0.25, 0.3) is 0 Å². The Morgan fingerprint density at radius 2 is 0.946 bits per heavy atom. The highest BCUT2D eigenvalue weighted by Gasteiger charge is 2.63. The Morgan fingerprint density at radius 1 is 0.649 bits per heavy atom. The zero-order valence-corrected chi connectivity index (χ0v) is 24.3. The van der Waals surface area contributed by atoms with Crippen molar-refractivity contribution in [2.75, 3.05) is 13.1 Å². The molecule has 3 saturated heterocycles. The normalized spacial score (nSPS) is 30.9. The lowest BCUT2D eigenvalue weighted by atomic mass is 10.1. The Labute approximate surface area is 220 Å². The fraction of sp³-hybridized carbons (Fsp3) is 0.556. The number of hydrogen-bond acceptors (Lipinski definition) is 6. The number of rotatable bonds is 6. The number of nitrogens with zero attached hydrogens (tertiary/aromatic N) is 2. The molecular weight excluding hydrogens is 512 g/mol. The predicted molar refractivity (Wildman–Crippen MR) is 140 cm³/mol. The van der Waals surface area contributed by atoms with Gasteiger partial charge in [-0.25, -0.2) is 16.8 Å². The van der Waals surface area contributed by atoms with E-state index in [1.807, 2.05) is 65.8 Å². The first-order chi connectivity index (χ1) is 17.0. The second-order valence-electron chi connectivity index (χ2n) is 11.3. The molecule has 2 aromatic rings. The summed E-state index contributed by atoms with van der Waals surface area (Å²) < 4.78 is 69.7. The molecule has 10 heteroatoms. The molecule has 5 rings (SSSR count). The van der Waals surface area contributed by atoms with Crippen LogP contribution in [0.15, 0.2) is 34.1 Å². The first-order valence-corrected chi connectivity index (χ1v) is 15.5. The fourth-order valence-electron chi connectivity index (χ4n) is 6.16. The van der Waals surface area contributed by atoms with Gasteiger partial charge in [-0.1, -0.05) is 35.4 Å². The van der Waals surface area contributed by atoms with Crippen LogP contribution in [0.3, 0.4) is 0 Å². The Balaban J connectivity index is 1.40. The van der Waals surface area contributed by atoms with Crippen molar-refractivity contribution in [3.63, 3.8) is 0 Å². The lowest BCUT2D eigenvalue weighted by Gasteiger charge is -2.19. The molecule has 3 aliphatic rings. The van der Waals surface area contributed by atoms with Crippen LogP contribution in [-0.4, -0.2) is 68.6 Å². The molecule has 8 nitrogen and oxygen atoms in total. The van der Waals surface area contributed by atoms with Crippen LogP contribution in [0.2, 0.25) is 0 Å². The quantitative estimate of drug-likeness (QED) is 0.513. The molecule has 2 aromatic carbocycles. The Hall–Kier alpha value is -1.82. The molecule has 0 spiro atoms. The summed E-state index contributed by atoms with van der Waals surface area (Å²) in [4.78, 5) is 0.660. The molecule has 37 heavy (non-hydrogen) atoms. The van der Waals surface area contributed by atoms with E-state index in [1.165, 1.54) is 8.61 Å². The van der Waals surface area contributed by atoms with E-state index in [9.17, 15) is 16.8 Å². The van der Waals surface area contributed by atoms with Crippen LogP contribution in [0.5, 0.6) is 0 Å². The molecule has 0 aromatic heterocycles. The highest BCUT2D eigenvalue weighted by Crippen LogP contribution is 2.46. The van der Waals surface area contributed by atoms with Crippen molar-refractivity contribution in [1.82, 2.24) is 8.61 Å². The molecule has 3 aliphatic heterocycles. The molecule has 0 radical (unpaired) electrons. The second-order valence-corrected chi connectivity index (χ2v) is 15.0. The Bertz CT molecular complexity index is 1340. The van der Waals surface area contributed by atoms with E-state index in [0.29, 0.717) is 45.1 Å². The molecule has 202 valence electrons. The first-order valence-electron chi connectivity index (χ1n) is 12.6. The van der Waals surface area contributed by atoms with Gasteiger partial charge in [0.1, 0.15) is 12.2 Å². The van der Waals surface area contributed by atoms with E-state index < -0.39 is 50.1 Å². The van der Waals surface area contributed by atoms with Gasteiger partial charge in [-0.2, -0.15) is 8.61 Å². The van der Waals surface area contributed by atoms with Gasteiger partial charge in [-0.3, -0.25) is 0 Å². The lowest BCUT2D eigenvalue weighted by Crippen LogP contribution is -2.37. The second kappa shape index (κ2) is 8.59. The van der Waals surface area contributed by atoms with Crippen molar-refractivity contribution in [1.29, 1.82) is 0 Å². The molecular formula is C27H36N2O6S2. The fourth-order valence-corrected chi connectivity index (χ4v) is 10.1. The van der Waals surface area contributed by atoms with E-state index >= 15 is 0 Å². The average molecular weight is 549 g/mol. The monoisotopic (exact) mass is 548 g/mol. The van der Waals surface area contributed by atoms with Gasteiger partial charge in [0.2, 0.25) is 20.0 Å². The van der Waals surface area contributed by atoms with Crippen LogP contribution in [-0.2, 0) is 29.5 Å². The number of sulfonamides is 2. The number of aryl methyl sites for hydroxylation is 6. The maximum atomic E-state index is 13.6. The third-order valence-electron chi connectivity index (χ3n) is 7.47. The number of ether oxygens (including phenoxy) is 2. The van der Waals surface area contributed by atoms with Gasteiger partial charge in [0.05, 0.1) is 21.9 Å². The molecule has 3 fully saturated rings. The van der Waals surface area contributed by atoms with Crippen molar-refractivity contribution in [3.8, 4) is 0 Å². The highest BCUT2D eigenvalue weighted by atomic mass is 32.2. The summed E-state index contributed by atoms with van der Waals surface area (Å²) in [6.07, 6.45) is -1.14. The predicted octanol–water partition coefficient (Wildman–Crippen LogP) is 3.50. The van der Waals surface area contributed by atoms with Crippen LogP contribution in [0, 0.1) is 41.5 Å². The summed E-state index contributed by atoms with van der Waals surface area (Å²) in [5.74, 6) is -0.948. The highest BCUT2D eigenvalue weighted by molar-refractivity contribution is 7.89. The average Bonchev–Trinajstić information content (AvgIpc) is 3.62. The van der Waals surface area contributed by atoms with E-state index in [2.05, 4.69) is 0 Å². The summed E-state index contributed by atoms with van der Waals surface area (Å²) in [6.45, 7) is 15.3. The van der Waals surface area contributed by atoms with Crippen molar-refractivity contribution in [3.05, 3.63) is 57.6 Å². The minimum absolute atomic E-state index is 0.311. The van der Waals surface area contributed by atoms with Crippen LogP contribution < -0.4 is 0 Å².